The molecular formula is C14H21NS. The molecule has 1 aromatic carbocycles. The molecule has 0 amide bonds. The number of thioether (sulfide) groups is 1. The first kappa shape index (κ1) is 12.0. The van der Waals surface area contributed by atoms with Gasteiger partial charge in [-0.1, -0.05) is 17.7 Å². The first-order valence-electron chi connectivity index (χ1n) is 6.12. The first-order chi connectivity index (χ1) is 7.66. The van der Waals surface area contributed by atoms with Gasteiger partial charge in [0.15, 0.2) is 0 Å². The largest absolute Gasteiger partial charge is 0.316 e. The summed E-state index contributed by atoms with van der Waals surface area (Å²) in [5, 5.41) is 4.24. The molecule has 1 nitrogen and oxygen atoms in total. The molecule has 1 atom stereocenters. The van der Waals surface area contributed by atoms with Crippen molar-refractivity contribution in [3.63, 3.8) is 0 Å². The minimum absolute atomic E-state index is 0.758. The number of rotatable bonds is 2. The summed E-state index contributed by atoms with van der Waals surface area (Å²) in [6, 6.07) is 4.59. The van der Waals surface area contributed by atoms with Crippen LogP contribution in [0, 0.1) is 20.8 Å². The highest BCUT2D eigenvalue weighted by Gasteiger charge is 2.16. The van der Waals surface area contributed by atoms with Gasteiger partial charge >= 0.3 is 0 Å². The Bertz CT molecular complexity index is 344. The molecule has 1 aliphatic rings. The van der Waals surface area contributed by atoms with Gasteiger partial charge in [-0.3, -0.25) is 0 Å². The van der Waals surface area contributed by atoms with Gasteiger partial charge in [0.2, 0.25) is 0 Å². The minimum Gasteiger partial charge on any atom is -0.316 e. The number of nitrogens with one attached hydrogen (secondary N) is 1. The monoisotopic (exact) mass is 235 g/mol. The predicted octanol–water partition coefficient (Wildman–Crippen LogP) is 3.46. The normalized spacial score (nSPS) is 21.1. The van der Waals surface area contributed by atoms with Crippen LogP contribution < -0.4 is 5.32 Å². The van der Waals surface area contributed by atoms with E-state index in [1.165, 1.54) is 41.0 Å². The Hall–Kier alpha value is -0.470. The topological polar surface area (TPSA) is 12.0 Å². The average Bonchev–Trinajstić information content (AvgIpc) is 2.25. The van der Waals surface area contributed by atoms with Crippen LogP contribution in [0.4, 0.5) is 0 Å². The Balaban J connectivity index is 2.14. The van der Waals surface area contributed by atoms with Gasteiger partial charge in [-0.2, -0.15) is 0 Å². The third-order valence-electron chi connectivity index (χ3n) is 3.14. The van der Waals surface area contributed by atoms with Crippen molar-refractivity contribution in [2.24, 2.45) is 0 Å². The van der Waals surface area contributed by atoms with E-state index in [-0.39, 0.29) is 0 Å². The lowest BCUT2D eigenvalue weighted by atomic mass is 10.1. The van der Waals surface area contributed by atoms with Crippen molar-refractivity contribution < 1.29 is 0 Å². The number of piperidine rings is 1. The maximum Gasteiger partial charge on any atom is 0.0220 e. The smallest absolute Gasteiger partial charge is 0.0220 e. The molecule has 1 heterocycles. The molecule has 0 spiro atoms. The van der Waals surface area contributed by atoms with Crippen molar-refractivity contribution in [3.8, 4) is 0 Å². The highest BCUT2D eigenvalue weighted by atomic mass is 32.2. The van der Waals surface area contributed by atoms with E-state index in [1.807, 2.05) is 0 Å². The second-order valence-electron chi connectivity index (χ2n) is 4.81. The Morgan fingerprint density at radius 1 is 1.19 bits per heavy atom. The lowest BCUT2D eigenvalue weighted by Gasteiger charge is -2.23. The summed E-state index contributed by atoms with van der Waals surface area (Å²) in [5.41, 5.74) is 4.25. The van der Waals surface area contributed by atoms with E-state index in [0.29, 0.717) is 0 Å². The molecule has 1 saturated heterocycles. The SMILES string of the molecule is Cc1cc(C)c(SC2CCCNC2)c(C)c1. The van der Waals surface area contributed by atoms with Crippen molar-refractivity contribution >= 4 is 11.8 Å². The van der Waals surface area contributed by atoms with E-state index in [4.69, 9.17) is 0 Å². The van der Waals surface area contributed by atoms with Gasteiger partial charge in [0.1, 0.15) is 0 Å². The molecule has 0 saturated carbocycles. The summed E-state index contributed by atoms with van der Waals surface area (Å²) in [4.78, 5) is 1.50. The van der Waals surface area contributed by atoms with Crippen LogP contribution in [0.15, 0.2) is 17.0 Å². The summed E-state index contributed by atoms with van der Waals surface area (Å²) >= 11 is 2.06. The molecule has 1 unspecified atom stereocenters. The van der Waals surface area contributed by atoms with Gasteiger partial charge in [0.05, 0.1) is 0 Å². The van der Waals surface area contributed by atoms with Crippen molar-refractivity contribution in [1.82, 2.24) is 5.32 Å². The zero-order valence-electron chi connectivity index (χ0n) is 10.5. The fourth-order valence-electron chi connectivity index (χ4n) is 2.44. The highest BCUT2D eigenvalue weighted by Crippen LogP contribution is 2.33. The quantitative estimate of drug-likeness (QED) is 0.842. The number of benzene rings is 1. The second kappa shape index (κ2) is 5.24. The molecule has 88 valence electrons. The van der Waals surface area contributed by atoms with Gasteiger partial charge in [0.25, 0.3) is 0 Å². The summed E-state index contributed by atoms with van der Waals surface area (Å²) in [6.07, 6.45) is 2.67. The van der Waals surface area contributed by atoms with Gasteiger partial charge in [-0.15, -0.1) is 11.8 Å². The van der Waals surface area contributed by atoms with Crippen molar-refractivity contribution in [2.75, 3.05) is 13.1 Å². The summed E-state index contributed by atoms with van der Waals surface area (Å²) in [7, 11) is 0. The third kappa shape index (κ3) is 2.80. The van der Waals surface area contributed by atoms with Crippen LogP contribution in [-0.2, 0) is 0 Å². The van der Waals surface area contributed by atoms with Crippen LogP contribution in [-0.4, -0.2) is 18.3 Å². The van der Waals surface area contributed by atoms with E-state index in [2.05, 4.69) is 50.0 Å². The molecule has 16 heavy (non-hydrogen) atoms. The van der Waals surface area contributed by atoms with Crippen LogP contribution >= 0.6 is 11.8 Å². The van der Waals surface area contributed by atoms with Crippen molar-refractivity contribution in [1.29, 1.82) is 0 Å². The molecule has 1 aliphatic heterocycles. The maximum atomic E-state index is 3.48. The molecule has 0 bridgehead atoms. The van der Waals surface area contributed by atoms with Crippen LogP contribution in [0.3, 0.4) is 0 Å². The zero-order chi connectivity index (χ0) is 11.5. The van der Waals surface area contributed by atoms with Gasteiger partial charge < -0.3 is 5.32 Å². The average molecular weight is 235 g/mol. The third-order valence-corrected chi connectivity index (χ3v) is 4.76. The van der Waals surface area contributed by atoms with Gasteiger partial charge in [-0.05, 0) is 51.3 Å². The van der Waals surface area contributed by atoms with E-state index in [9.17, 15) is 0 Å². The highest BCUT2D eigenvalue weighted by molar-refractivity contribution is 8.00. The molecule has 0 radical (unpaired) electrons. The van der Waals surface area contributed by atoms with E-state index in [1.54, 1.807) is 0 Å². The van der Waals surface area contributed by atoms with Crippen molar-refractivity contribution in [3.05, 3.63) is 28.8 Å². The predicted molar refractivity (Wildman–Crippen MR) is 72.4 cm³/mol. The molecule has 1 fully saturated rings. The molecule has 0 aliphatic carbocycles. The number of aryl methyl sites for hydroxylation is 3. The molecule has 2 rings (SSSR count). The van der Waals surface area contributed by atoms with E-state index in [0.717, 1.165) is 11.8 Å². The van der Waals surface area contributed by atoms with Crippen LogP contribution in [0.2, 0.25) is 0 Å². The maximum absolute atomic E-state index is 3.48. The molecular weight excluding hydrogens is 214 g/mol. The Kier molecular flexibility index (Phi) is 3.93. The van der Waals surface area contributed by atoms with Crippen LogP contribution in [0.5, 0.6) is 0 Å². The van der Waals surface area contributed by atoms with Crippen LogP contribution in [0.1, 0.15) is 29.5 Å². The first-order valence-corrected chi connectivity index (χ1v) is 7.00. The summed E-state index contributed by atoms with van der Waals surface area (Å²) < 4.78 is 0. The molecule has 0 aromatic heterocycles. The fourth-order valence-corrected chi connectivity index (χ4v) is 3.75. The lowest BCUT2D eigenvalue weighted by Crippen LogP contribution is -2.31. The number of hydrogen-bond acceptors (Lipinski definition) is 2. The minimum atomic E-state index is 0.758. The molecule has 1 N–H and O–H groups in total. The Morgan fingerprint density at radius 3 is 2.44 bits per heavy atom. The fraction of sp³-hybridized carbons (Fsp3) is 0.571. The van der Waals surface area contributed by atoms with E-state index >= 15 is 0 Å². The lowest BCUT2D eigenvalue weighted by molar-refractivity contribution is 0.531. The summed E-state index contributed by atoms with van der Waals surface area (Å²) in [5.74, 6) is 0. The zero-order valence-corrected chi connectivity index (χ0v) is 11.3. The van der Waals surface area contributed by atoms with Gasteiger partial charge in [-0.25, -0.2) is 0 Å². The second-order valence-corrected chi connectivity index (χ2v) is 6.12. The van der Waals surface area contributed by atoms with E-state index < -0.39 is 0 Å². The van der Waals surface area contributed by atoms with Crippen molar-refractivity contribution in [2.45, 2.75) is 43.8 Å². The standard InChI is InChI=1S/C14H21NS/c1-10-7-11(2)14(12(3)8-10)16-13-5-4-6-15-9-13/h7-8,13,15H,4-6,9H2,1-3H3. The summed E-state index contributed by atoms with van der Waals surface area (Å²) in [6.45, 7) is 9.01. The Morgan fingerprint density at radius 2 is 1.88 bits per heavy atom. The Labute approximate surface area is 103 Å². The molecule has 1 aromatic rings. The number of hydrogen-bond donors (Lipinski definition) is 1. The molecule has 2 heteroatoms. The van der Waals surface area contributed by atoms with Crippen LogP contribution in [0.25, 0.3) is 0 Å². The van der Waals surface area contributed by atoms with Gasteiger partial charge in [0, 0.05) is 16.7 Å².